The average Bonchev–Trinajstić information content (AvgIpc) is 2.75. The Morgan fingerprint density at radius 3 is 1.90 bits per heavy atom. The summed E-state index contributed by atoms with van der Waals surface area (Å²) in [6.07, 6.45) is -9.81. The summed E-state index contributed by atoms with van der Waals surface area (Å²) in [6.45, 7) is 2.83. The van der Waals surface area contributed by atoms with Crippen molar-refractivity contribution in [2.75, 3.05) is 19.8 Å². The molecular formula is C19H35O11-. The van der Waals surface area contributed by atoms with Crippen molar-refractivity contribution in [2.45, 2.75) is 93.5 Å². The van der Waals surface area contributed by atoms with Crippen LogP contribution in [0, 0.1) is 6.92 Å². The van der Waals surface area contributed by atoms with Crippen LogP contribution in [0.3, 0.4) is 0 Å². The summed E-state index contributed by atoms with van der Waals surface area (Å²) in [6, 6.07) is 0. The Kier molecular flexibility index (Phi) is 10.8. The lowest BCUT2D eigenvalue weighted by Gasteiger charge is -2.45. The van der Waals surface area contributed by atoms with E-state index in [0.717, 1.165) is 32.1 Å². The Morgan fingerprint density at radius 2 is 1.27 bits per heavy atom. The van der Waals surface area contributed by atoms with Crippen LogP contribution < -0.4 is 0 Å². The van der Waals surface area contributed by atoms with Crippen molar-refractivity contribution in [3.05, 3.63) is 6.92 Å². The molecule has 11 nitrogen and oxygen atoms in total. The van der Waals surface area contributed by atoms with Gasteiger partial charge in [-0.3, -0.25) is 0 Å². The molecule has 11 heteroatoms. The fourth-order valence-corrected chi connectivity index (χ4v) is 3.52. The van der Waals surface area contributed by atoms with Gasteiger partial charge in [-0.25, -0.2) is 0 Å². The zero-order valence-electron chi connectivity index (χ0n) is 16.9. The third kappa shape index (κ3) is 6.30. The van der Waals surface area contributed by atoms with Crippen LogP contribution >= 0.6 is 0 Å². The van der Waals surface area contributed by atoms with E-state index in [4.69, 9.17) is 18.9 Å². The molecule has 2 saturated heterocycles. The minimum Gasteiger partial charge on any atom is -0.394 e. The fraction of sp³-hybridized carbons (Fsp3) is 0.947. The van der Waals surface area contributed by atoms with Gasteiger partial charge in [0.1, 0.15) is 48.8 Å². The van der Waals surface area contributed by atoms with Crippen LogP contribution in [0.25, 0.3) is 0 Å². The van der Waals surface area contributed by atoms with Crippen LogP contribution in [0.1, 0.15) is 32.1 Å². The van der Waals surface area contributed by atoms with E-state index in [1.807, 2.05) is 0 Å². The molecule has 0 aliphatic carbocycles. The highest BCUT2D eigenvalue weighted by Gasteiger charge is 2.50. The van der Waals surface area contributed by atoms with Gasteiger partial charge in [0.2, 0.25) is 0 Å². The second-order valence-corrected chi connectivity index (χ2v) is 7.64. The van der Waals surface area contributed by atoms with Gasteiger partial charge >= 0.3 is 0 Å². The van der Waals surface area contributed by atoms with E-state index in [2.05, 4.69) is 6.92 Å². The number of rotatable bonds is 11. The third-order valence-electron chi connectivity index (χ3n) is 5.39. The fourth-order valence-electron chi connectivity index (χ4n) is 3.52. The first-order valence-electron chi connectivity index (χ1n) is 10.3. The molecule has 178 valence electrons. The van der Waals surface area contributed by atoms with E-state index in [1.165, 1.54) is 0 Å². The van der Waals surface area contributed by atoms with Crippen molar-refractivity contribution >= 4 is 0 Å². The first-order valence-corrected chi connectivity index (χ1v) is 10.3. The first kappa shape index (κ1) is 25.8. The second kappa shape index (κ2) is 12.6. The standard InChI is InChI=1S/C19H35O11/c1-2-3-4-5-6-7-27-18-16(26)14(24)17(11(9-21)29-18)30-19-15(25)13(23)12(22)10(8-20)28-19/h10-26H,1-9H2/q-1/t10-,11-,12-,13+,14-,15-,16-,17-,18-,19-/m1/s1. The maximum atomic E-state index is 10.5. The molecule has 0 aromatic heterocycles. The quantitative estimate of drug-likeness (QED) is 0.133. The summed E-state index contributed by atoms with van der Waals surface area (Å²) in [4.78, 5) is 0. The predicted molar refractivity (Wildman–Crippen MR) is 101 cm³/mol. The lowest BCUT2D eigenvalue weighted by atomic mass is 9.97. The monoisotopic (exact) mass is 439 g/mol. The first-order chi connectivity index (χ1) is 14.3. The van der Waals surface area contributed by atoms with Crippen LogP contribution in [0.15, 0.2) is 0 Å². The topological polar surface area (TPSA) is 179 Å². The van der Waals surface area contributed by atoms with Crippen molar-refractivity contribution < 1.29 is 54.7 Å². The maximum absolute atomic E-state index is 10.5. The Hall–Kier alpha value is -0.440. The van der Waals surface area contributed by atoms with Crippen LogP contribution in [0.4, 0.5) is 0 Å². The highest BCUT2D eigenvalue weighted by Crippen LogP contribution is 2.29. The smallest absolute Gasteiger partial charge is 0.187 e. The normalized spacial score (nSPS) is 42.4. The molecule has 0 aromatic rings. The van der Waals surface area contributed by atoms with Gasteiger partial charge in [-0.2, -0.15) is 6.42 Å². The van der Waals surface area contributed by atoms with Crippen molar-refractivity contribution in [1.82, 2.24) is 0 Å². The van der Waals surface area contributed by atoms with E-state index < -0.39 is 74.6 Å². The van der Waals surface area contributed by atoms with E-state index in [-0.39, 0.29) is 0 Å². The summed E-state index contributed by atoms with van der Waals surface area (Å²) in [5.41, 5.74) is 0. The number of hydrogen-bond donors (Lipinski definition) is 7. The average molecular weight is 439 g/mol. The molecule has 0 unspecified atom stereocenters. The minimum atomic E-state index is -1.70. The summed E-state index contributed by atoms with van der Waals surface area (Å²) in [7, 11) is 0. The van der Waals surface area contributed by atoms with Crippen molar-refractivity contribution in [3.63, 3.8) is 0 Å². The number of aliphatic hydroxyl groups excluding tert-OH is 7. The predicted octanol–water partition coefficient (Wildman–Crippen LogP) is -2.59. The van der Waals surface area contributed by atoms with Crippen LogP contribution in [0.5, 0.6) is 0 Å². The molecule has 2 heterocycles. The second-order valence-electron chi connectivity index (χ2n) is 7.64. The minimum absolute atomic E-state index is 0.294. The summed E-state index contributed by atoms with van der Waals surface area (Å²) in [5, 5.41) is 69.5. The molecule has 0 radical (unpaired) electrons. The number of ether oxygens (including phenoxy) is 4. The van der Waals surface area contributed by atoms with Gasteiger partial charge in [0.25, 0.3) is 0 Å². The number of unbranched alkanes of at least 4 members (excludes halogenated alkanes) is 4. The molecule has 30 heavy (non-hydrogen) atoms. The Bertz CT molecular complexity index is 477. The van der Waals surface area contributed by atoms with Gasteiger partial charge in [0.05, 0.1) is 13.2 Å². The summed E-state index contributed by atoms with van der Waals surface area (Å²) >= 11 is 0. The number of hydrogen-bond acceptors (Lipinski definition) is 11. The van der Waals surface area contributed by atoms with Gasteiger partial charge in [0, 0.05) is 6.61 Å². The van der Waals surface area contributed by atoms with Crippen LogP contribution in [-0.4, -0.2) is 117 Å². The molecule has 0 bridgehead atoms. The van der Waals surface area contributed by atoms with Gasteiger partial charge in [-0.15, -0.1) is 0 Å². The van der Waals surface area contributed by atoms with Crippen molar-refractivity contribution in [1.29, 1.82) is 0 Å². The van der Waals surface area contributed by atoms with Crippen LogP contribution in [0.2, 0.25) is 0 Å². The molecule has 2 aliphatic heterocycles. The zero-order chi connectivity index (χ0) is 22.3. The van der Waals surface area contributed by atoms with Crippen molar-refractivity contribution in [3.8, 4) is 0 Å². The van der Waals surface area contributed by atoms with Gasteiger partial charge in [-0.05, 0) is 6.42 Å². The molecule has 0 spiro atoms. The van der Waals surface area contributed by atoms with E-state index in [1.54, 1.807) is 0 Å². The van der Waals surface area contributed by atoms with E-state index in [0.29, 0.717) is 6.61 Å². The maximum Gasteiger partial charge on any atom is 0.187 e. The Balaban J connectivity index is 1.94. The molecule has 2 aliphatic rings. The van der Waals surface area contributed by atoms with E-state index in [9.17, 15) is 35.7 Å². The number of aliphatic hydroxyl groups is 7. The molecule has 0 amide bonds. The van der Waals surface area contributed by atoms with E-state index >= 15 is 0 Å². The molecular weight excluding hydrogens is 404 g/mol. The Labute approximate surface area is 175 Å². The highest BCUT2D eigenvalue weighted by molar-refractivity contribution is 4.94. The summed E-state index contributed by atoms with van der Waals surface area (Å²) < 4.78 is 21.8. The summed E-state index contributed by atoms with van der Waals surface area (Å²) in [5.74, 6) is 0. The van der Waals surface area contributed by atoms with Gasteiger partial charge < -0.3 is 61.6 Å². The zero-order valence-corrected chi connectivity index (χ0v) is 16.9. The molecule has 2 rings (SSSR count). The van der Waals surface area contributed by atoms with Crippen LogP contribution in [-0.2, 0) is 18.9 Å². The largest absolute Gasteiger partial charge is 0.394 e. The van der Waals surface area contributed by atoms with Gasteiger partial charge in [0.15, 0.2) is 12.6 Å². The molecule has 10 atom stereocenters. The van der Waals surface area contributed by atoms with Crippen molar-refractivity contribution in [2.24, 2.45) is 0 Å². The molecule has 2 fully saturated rings. The molecule has 0 aromatic carbocycles. The molecule has 7 N–H and O–H groups in total. The SMILES string of the molecule is [CH2-]CCCCCCO[C@@H]1O[C@H](CO)[C@@H](O[C@H]2O[C@H](CO)[C@@H](O)[C@H](O)[C@H]2O)[C@H](O)[C@H]1O. The lowest BCUT2D eigenvalue weighted by molar-refractivity contribution is -0.359. The van der Waals surface area contributed by atoms with Gasteiger partial charge in [-0.1, -0.05) is 19.3 Å². The molecule has 0 saturated carbocycles. The Morgan fingerprint density at radius 1 is 0.667 bits per heavy atom. The highest BCUT2D eigenvalue weighted by atomic mass is 16.7. The third-order valence-corrected chi connectivity index (χ3v) is 5.39. The lowest BCUT2D eigenvalue weighted by Crippen LogP contribution is -2.64.